The molecule has 14 heavy (non-hydrogen) atoms. The Bertz CT molecular complexity index is 244. The standard InChI is InChI=1S/C10H18N2O2/c1-6-9-4-8(5-11-6)12(7(9)2)10(13)14-3/h6-9,11H,4-5H2,1-3H3/t6?,7-,8+,9-/m0/s1. The predicted molar refractivity (Wildman–Crippen MR) is 53.1 cm³/mol. The second kappa shape index (κ2) is 3.42. The number of likely N-dealkylation sites (tertiary alicyclic amines) is 1. The molecule has 2 bridgehead atoms. The molecular weight excluding hydrogens is 180 g/mol. The predicted octanol–water partition coefficient (Wildman–Crippen LogP) is 0.823. The van der Waals surface area contributed by atoms with Gasteiger partial charge in [0.2, 0.25) is 0 Å². The summed E-state index contributed by atoms with van der Waals surface area (Å²) in [6.45, 7) is 5.21. The molecule has 4 heteroatoms. The Balaban J connectivity index is 2.17. The monoisotopic (exact) mass is 198 g/mol. The number of methoxy groups -OCH3 is 1. The van der Waals surface area contributed by atoms with E-state index in [0.717, 1.165) is 13.0 Å². The van der Waals surface area contributed by atoms with Gasteiger partial charge in [0.05, 0.1) is 7.11 Å². The number of nitrogens with one attached hydrogen (secondary N) is 1. The Morgan fingerprint density at radius 1 is 1.50 bits per heavy atom. The minimum absolute atomic E-state index is 0.180. The molecule has 1 N–H and O–H groups in total. The average Bonchev–Trinajstić information content (AvgIpc) is 2.46. The maximum absolute atomic E-state index is 11.5. The van der Waals surface area contributed by atoms with Crippen LogP contribution >= 0.6 is 0 Å². The molecular formula is C10H18N2O2. The van der Waals surface area contributed by atoms with E-state index >= 15 is 0 Å². The molecule has 80 valence electrons. The molecule has 0 aromatic carbocycles. The Labute approximate surface area is 84.6 Å². The second-order valence-corrected chi connectivity index (χ2v) is 4.37. The maximum Gasteiger partial charge on any atom is 0.410 e. The summed E-state index contributed by atoms with van der Waals surface area (Å²) in [6, 6.07) is 1.15. The molecule has 2 aliphatic heterocycles. The normalized spacial score (nSPS) is 41.2. The summed E-state index contributed by atoms with van der Waals surface area (Å²) in [5, 5.41) is 3.43. The molecule has 4 nitrogen and oxygen atoms in total. The lowest BCUT2D eigenvalue weighted by Gasteiger charge is -2.26. The highest BCUT2D eigenvalue weighted by Crippen LogP contribution is 2.35. The van der Waals surface area contributed by atoms with Gasteiger partial charge in [0.1, 0.15) is 0 Å². The van der Waals surface area contributed by atoms with Gasteiger partial charge in [0.25, 0.3) is 0 Å². The average molecular weight is 198 g/mol. The van der Waals surface area contributed by atoms with E-state index in [1.807, 2.05) is 4.90 Å². The molecule has 0 spiro atoms. The summed E-state index contributed by atoms with van der Waals surface area (Å²) in [7, 11) is 1.45. The van der Waals surface area contributed by atoms with Crippen molar-refractivity contribution in [2.45, 2.75) is 38.4 Å². The first-order chi connectivity index (χ1) is 6.65. The van der Waals surface area contributed by atoms with Crippen LogP contribution in [0.15, 0.2) is 0 Å². The SMILES string of the molecule is COC(=O)N1[C@H]2CNC(C)[C@H](C2)[C@@H]1C. The fraction of sp³-hybridized carbons (Fsp3) is 0.900. The highest BCUT2D eigenvalue weighted by Gasteiger charge is 2.46. The van der Waals surface area contributed by atoms with Crippen molar-refractivity contribution in [2.75, 3.05) is 13.7 Å². The number of ether oxygens (including phenoxy) is 1. The number of hydrogen-bond donors (Lipinski definition) is 1. The van der Waals surface area contributed by atoms with Crippen molar-refractivity contribution >= 4 is 6.09 Å². The Hall–Kier alpha value is -0.770. The summed E-state index contributed by atoms with van der Waals surface area (Å²) in [5.74, 6) is 0.577. The lowest BCUT2D eigenvalue weighted by Crippen LogP contribution is -2.44. The number of hydrogen-bond acceptors (Lipinski definition) is 3. The summed E-state index contributed by atoms with van der Waals surface area (Å²) >= 11 is 0. The molecule has 4 atom stereocenters. The lowest BCUT2D eigenvalue weighted by molar-refractivity contribution is 0.106. The van der Waals surface area contributed by atoms with E-state index in [4.69, 9.17) is 4.74 Å². The van der Waals surface area contributed by atoms with Crippen LogP contribution in [0.3, 0.4) is 0 Å². The molecule has 0 saturated carbocycles. The highest BCUT2D eigenvalue weighted by atomic mass is 16.5. The zero-order valence-electron chi connectivity index (χ0n) is 8.99. The largest absolute Gasteiger partial charge is 0.453 e. The van der Waals surface area contributed by atoms with Crippen molar-refractivity contribution in [1.82, 2.24) is 10.2 Å². The van der Waals surface area contributed by atoms with Crippen molar-refractivity contribution in [1.29, 1.82) is 0 Å². The van der Waals surface area contributed by atoms with Gasteiger partial charge in [-0.05, 0) is 26.2 Å². The van der Waals surface area contributed by atoms with Crippen LogP contribution in [0, 0.1) is 5.92 Å². The maximum atomic E-state index is 11.5. The molecule has 2 heterocycles. The number of nitrogens with zero attached hydrogens (tertiary/aromatic N) is 1. The van der Waals surface area contributed by atoms with E-state index in [-0.39, 0.29) is 6.09 Å². The van der Waals surface area contributed by atoms with Gasteiger partial charge in [-0.25, -0.2) is 4.79 Å². The van der Waals surface area contributed by atoms with Crippen LogP contribution in [0.2, 0.25) is 0 Å². The van der Waals surface area contributed by atoms with Crippen LogP contribution in [0.4, 0.5) is 4.79 Å². The third-order valence-corrected chi connectivity index (χ3v) is 3.70. The van der Waals surface area contributed by atoms with E-state index in [1.165, 1.54) is 7.11 Å². The number of amides is 1. The summed E-state index contributed by atoms with van der Waals surface area (Å²) < 4.78 is 4.81. The van der Waals surface area contributed by atoms with Crippen molar-refractivity contribution in [3.05, 3.63) is 0 Å². The van der Waals surface area contributed by atoms with Gasteiger partial charge in [0, 0.05) is 24.7 Å². The molecule has 0 radical (unpaired) electrons. The minimum Gasteiger partial charge on any atom is -0.453 e. The number of rotatable bonds is 0. The number of carbonyl (C=O) groups excluding carboxylic acids is 1. The number of piperidine rings is 1. The first kappa shape index (κ1) is 9.77. The third-order valence-electron chi connectivity index (χ3n) is 3.70. The second-order valence-electron chi connectivity index (χ2n) is 4.37. The molecule has 0 aliphatic carbocycles. The van der Waals surface area contributed by atoms with E-state index in [2.05, 4.69) is 19.2 Å². The minimum atomic E-state index is -0.180. The van der Waals surface area contributed by atoms with Gasteiger partial charge in [-0.1, -0.05) is 0 Å². The van der Waals surface area contributed by atoms with Crippen molar-refractivity contribution in [3.63, 3.8) is 0 Å². The topological polar surface area (TPSA) is 41.6 Å². The Morgan fingerprint density at radius 2 is 2.21 bits per heavy atom. The van der Waals surface area contributed by atoms with E-state index in [1.54, 1.807) is 0 Å². The van der Waals surface area contributed by atoms with Crippen molar-refractivity contribution < 1.29 is 9.53 Å². The summed E-state index contributed by atoms with van der Waals surface area (Å²) in [6.07, 6.45) is 0.936. The molecule has 2 saturated heterocycles. The van der Waals surface area contributed by atoms with Gasteiger partial charge >= 0.3 is 6.09 Å². The Morgan fingerprint density at radius 3 is 2.79 bits per heavy atom. The van der Waals surface area contributed by atoms with E-state index in [0.29, 0.717) is 24.0 Å². The zero-order chi connectivity index (χ0) is 10.3. The molecule has 0 aromatic rings. The first-order valence-corrected chi connectivity index (χ1v) is 5.24. The van der Waals surface area contributed by atoms with Gasteiger partial charge in [-0.3, -0.25) is 0 Å². The van der Waals surface area contributed by atoms with Gasteiger partial charge in [0.15, 0.2) is 0 Å². The molecule has 1 amide bonds. The Kier molecular flexibility index (Phi) is 2.39. The van der Waals surface area contributed by atoms with Crippen LogP contribution in [-0.4, -0.2) is 42.8 Å². The zero-order valence-corrected chi connectivity index (χ0v) is 8.99. The third kappa shape index (κ3) is 1.29. The molecule has 0 aromatic heterocycles. The highest BCUT2D eigenvalue weighted by molar-refractivity contribution is 5.69. The molecule has 1 unspecified atom stereocenters. The van der Waals surface area contributed by atoms with Crippen LogP contribution in [-0.2, 0) is 4.74 Å². The molecule has 2 aliphatic rings. The molecule has 2 fully saturated rings. The van der Waals surface area contributed by atoms with E-state index in [9.17, 15) is 4.79 Å². The van der Waals surface area contributed by atoms with Crippen LogP contribution in [0.25, 0.3) is 0 Å². The summed E-state index contributed by atoms with van der Waals surface area (Å²) in [5.41, 5.74) is 0. The van der Waals surface area contributed by atoms with Crippen molar-refractivity contribution in [3.8, 4) is 0 Å². The van der Waals surface area contributed by atoms with Gasteiger partial charge in [-0.15, -0.1) is 0 Å². The van der Waals surface area contributed by atoms with Crippen molar-refractivity contribution in [2.24, 2.45) is 5.92 Å². The fourth-order valence-corrected chi connectivity index (χ4v) is 2.86. The smallest absolute Gasteiger partial charge is 0.410 e. The van der Waals surface area contributed by atoms with Crippen LogP contribution < -0.4 is 5.32 Å². The van der Waals surface area contributed by atoms with Crippen LogP contribution in [0.5, 0.6) is 0 Å². The molecule has 2 rings (SSSR count). The number of fused-ring (bicyclic) bond motifs is 2. The van der Waals surface area contributed by atoms with Gasteiger partial charge in [-0.2, -0.15) is 0 Å². The lowest BCUT2D eigenvalue weighted by atomic mass is 9.90. The van der Waals surface area contributed by atoms with Crippen LogP contribution in [0.1, 0.15) is 20.3 Å². The van der Waals surface area contributed by atoms with Gasteiger partial charge < -0.3 is 15.0 Å². The quantitative estimate of drug-likeness (QED) is 0.626. The first-order valence-electron chi connectivity index (χ1n) is 5.24. The van der Waals surface area contributed by atoms with E-state index < -0.39 is 0 Å². The number of carbonyl (C=O) groups is 1. The fourth-order valence-electron chi connectivity index (χ4n) is 2.86. The summed E-state index contributed by atoms with van der Waals surface area (Å²) in [4.78, 5) is 13.4.